The van der Waals surface area contributed by atoms with Gasteiger partial charge in [0.1, 0.15) is 0 Å². The molecule has 1 saturated heterocycles. The summed E-state index contributed by atoms with van der Waals surface area (Å²) in [5.74, 6) is -1.34. The smallest absolute Gasteiger partial charge is 0.316 e. The van der Waals surface area contributed by atoms with Gasteiger partial charge in [-0.3, -0.25) is 19.7 Å². The number of carbonyl (C=O) groups excluding carboxylic acids is 3. The summed E-state index contributed by atoms with van der Waals surface area (Å²) in [5, 5.41) is 18.4. The van der Waals surface area contributed by atoms with E-state index in [-0.39, 0.29) is 48.5 Å². The lowest BCUT2D eigenvalue weighted by Gasteiger charge is -2.47. The summed E-state index contributed by atoms with van der Waals surface area (Å²) in [6.07, 6.45) is 2.24. The number of nitrogens with zero attached hydrogens (tertiary/aromatic N) is 3. The Hall–Kier alpha value is -3.70. The Morgan fingerprint density at radius 1 is 1.09 bits per heavy atom. The van der Waals surface area contributed by atoms with Crippen LogP contribution in [0, 0.1) is 23.2 Å². The molecular weight excluding hydrogens is 420 g/mol. The second-order valence-electron chi connectivity index (χ2n) is 8.59. The van der Waals surface area contributed by atoms with E-state index >= 15 is 0 Å². The van der Waals surface area contributed by atoms with Crippen molar-refractivity contribution >= 4 is 17.8 Å². The Kier molecular flexibility index (Phi) is 6.71. The molecule has 2 aliphatic rings. The molecule has 0 spiro atoms. The molecule has 1 saturated carbocycles. The van der Waals surface area contributed by atoms with Gasteiger partial charge in [-0.15, -0.1) is 0 Å². The molecule has 8 heteroatoms. The number of urea groups is 1. The van der Waals surface area contributed by atoms with Crippen molar-refractivity contribution in [1.29, 1.82) is 5.26 Å². The van der Waals surface area contributed by atoms with Crippen LogP contribution in [0.5, 0.6) is 0 Å². The summed E-state index contributed by atoms with van der Waals surface area (Å²) >= 11 is 0. The summed E-state index contributed by atoms with van der Waals surface area (Å²) in [6, 6.07) is 17.9. The zero-order valence-electron chi connectivity index (χ0n) is 18.2. The van der Waals surface area contributed by atoms with Crippen molar-refractivity contribution in [2.45, 2.75) is 38.3 Å². The maximum absolute atomic E-state index is 13.5. The third-order valence-electron chi connectivity index (χ3n) is 6.57. The van der Waals surface area contributed by atoms with E-state index in [9.17, 15) is 19.6 Å². The highest BCUT2D eigenvalue weighted by Crippen LogP contribution is 2.38. The molecule has 2 aromatic carbocycles. The van der Waals surface area contributed by atoms with Crippen LogP contribution in [0.1, 0.15) is 40.7 Å². The van der Waals surface area contributed by atoms with Gasteiger partial charge < -0.3 is 4.90 Å². The SMILES string of the molecule is N#CC1CCC2C(=O)N(CCc3ccccc3)C(=O)N(Cc3cccc(C(=O)NO)c3)C2C1. The predicted octanol–water partition coefficient (Wildman–Crippen LogP) is 3.12. The molecule has 170 valence electrons. The fourth-order valence-corrected chi connectivity index (χ4v) is 4.84. The molecule has 4 rings (SSSR count). The first-order chi connectivity index (χ1) is 16.0. The van der Waals surface area contributed by atoms with E-state index in [1.165, 1.54) is 4.90 Å². The highest BCUT2D eigenvalue weighted by Gasteiger charge is 2.48. The van der Waals surface area contributed by atoms with E-state index in [1.54, 1.807) is 34.6 Å². The first-order valence-electron chi connectivity index (χ1n) is 11.1. The number of carbonyl (C=O) groups is 3. The molecule has 1 aliphatic heterocycles. The molecule has 0 aromatic heterocycles. The molecule has 8 nitrogen and oxygen atoms in total. The predicted molar refractivity (Wildman–Crippen MR) is 119 cm³/mol. The van der Waals surface area contributed by atoms with Crippen LogP contribution in [0.3, 0.4) is 0 Å². The zero-order chi connectivity index (χ0) is 23.4. The van der Waals surface area contributed by atoms with Crippen LogP contribution < -0.4 is 5.48 Å². The van der Waals surface area contributed by atoms with Gasteiger partial charge in [-0.1, -0.05) is 42.5 Å². The lowest BCUT2D eigenvalue weighted by molar-refractivity contribution is -0.141. The molecule has 2 fully saturated rings. The topological polar surface area (TPSA) is 114 Å². The molecule has 3 unspecified atom stereocenters. The number of fused-ring (bicyclic) bond motifs is 1. The number of nitriles is 1. The van der Waals surface area contributed by atoms with Crippen molar-refractivity contribution in [3.05, 3.63) is 71.3 Å². The Labute approximate surface area is 192 Å². The number of rotatable bonds is 6. The van der Waals surface area contributed by atoms with Gasteiger partial charge >= 0.3 is 6.03 Å². The third-order valence-corrected chi connectivity index (χ3v) is 6.57. The van der Waals surface area contributed by atoms with E-state index in [0.29, 0.717) is 31.2 Å². The van der Waals surface area contributed by atoms with Crippen molar-refractivity contribution in [1.82, 2.24) is 15.3 Å². The van der Waals surface area contributed by atoms with Gasteiger partial charge in [0.15, 0.2) is 0 Å². The maximum atomic E-state index is 13.5. The van der Waals surface area contributed by atoms with Crippen molar-refractivity contribution in [3.8, 4) is 6.07 Å². The molecule has 3 atom stereocenters. The first kappa shape index (κ1) is 22.5. The quantitative estimate of drug-likeness (QED) is 0.523. The van der Waals surface area contributed by atoms with E-state index in [0.717, 1.165) is 5.56 Å². The number of imide groups is 1. The van der Waals surface area contributed by atoms with Gasteiger partial charge in [-0.05, 0) is 48.9 Å². The highest BCUT2D eigenvalue weighted by molar-refractivity contribution is 5.99. The lowest BCUT2D eigenvalue weighted by Crippen LogP contribution is -2.63. The molecule has 0 bridgehead atoms. The monoisotopic (exact) mass is 446 g/mol. The van der Waals surface area contributed by atoms with Crippen LogP contribution in [0.2, 0.25) is 0 Å². The van der Waals surface area contributed by atoms with Crippen molar-refractivity contribution < 1.29 is 19.6 Å². The van der Waals surface area contributed by atoms with Gasteiger partial charge in [0.25, 0.3) is 5.91 Å². The normalized spacial score (nSPS) is 22.5. The van der Waals surface area contributed by atoms with Gasteiger partial charge in [-0.25, -0.2) is 10.3 Å². The Balaban J connectivity index is 1.60. The molecule has 4 amide bonds. The Morgan fingerprint density at radius 3 is 2.58 bits per heavy atom. The minimum absolute atomic E-state index is 0.165. The molecule has 2 N–H and O–H groups in total. The van der Waals surface area contributed by atoms with E-state index < -0.39 is 5.91 Å². The number of benzene rings is 2. The number of hydroxylamine groups is 1. The van der Waals surface area contributed by atoms with Crippen LogP contribution in [0.25, 0.3) is 0 Å². The zero-order valence-corrected chi connectivity index (χ0v) is 18.2. The fraction of sp³-hybridized carbons (Fsp3) is 0.360. The molecular formula is C25H26N4O4. The largest absolute Gasteiger partial charge is 0.327 e. The third kappa shape index (κ3) is 4.73. The second kappa shape index (κ2) is 9.84. The molecule has 33 heavy (non-hydrogen) atoms. The summed E-state index contributed by atoms with van der Waals surface area (Å²) in [5.41, 5.74) is 3.64. The number of nitrogens with one attached hydrogen (secondary N) is 1. The molecule has 1 aliphatic carbocycles. The van der Waals surface area contributed by atoms with E-state index in [4.69, 9.17) is 5.21 Å². The average molecular weight is 447 g/mol. The average Bonchev–Trinajstić information content (AvgIpc) is 2.86. The Morgan fingerprint density at radius 2 is 1.85 bits per heavy atom. The molecule has 0 radical (unpaired) electrons. The summed E-state index contributed by atoms with van der Waals surface area (Å²) < 4.78 is 0. The van der Waals surface area contributed by atoms with Crippen molar-refractivity contribution in [2.24, 2.45) is 11.8 Å². The highest BCUT2D eigenvalue weighted by atomic mass is 16.5. The van der Waals surface area contributed by atoms with Crippen LogP contribution >= 0.6 is 0 Å². The van der Waals surface area contributed by atoms with Crippen LogP contribution in [0.15, 0.2) is 54.6 Å². The standard InChI is InChI=1S/C25H26N4O4/c26-15-18-9-10-21-22(14-18)29(16-19-7-4-8-20(13-19)23(30)27-33)25(32)28(24(21)31)12-11-17-5-2-1-3-6-17/h1-8,13,18,21-22,33H,9-12,14,16H2,(H,27,30). The Bertz CT molecular complexity index is 1080. The number of amides is 4. The van der Waals surface area contributed by atoms with Crippen molar-refractivity contribution in [2.75, 3.05) is 6.54 Å². The lowest BCUT2D eigenvalue weighted by atomic mass is 9.76. The van der Waals surface area contributed by atoms with Crippen LogP contribution in [-0.2, 0) is 17.8 Å². The van der Waals surface area contributed by atoms with Crippen LogP contribution in [0.4, 0.5) is 4.79 Å². The molecule has 2 aromatic rings. The second-order valence-corrected chi connectivity index (χ2v) is 8.59. The fourth-order valence-electron chi connectivity index (χ4n) is 4.84. The van der Waals surface area contributed by atoms with E-state index in [1.807, 2.05) is 30.3 Å². The minimum Gasteiger partial charge on any atom is -0.316 e. The van der Waals surface area contributed by atoms with Gasteiger partial charge in [0.05, 0.1) is 12.0 Å². The van der Waals surface area contributed by atoms with Gasteiger partial charge in [-0.2, -0.15) is 5.26 Å². The summed E-state index contributed by atoms with van der Waals surface area (Å²) in [4.78, 5) is 41.6. The van der Waals surface area contributed by atoms with E-state index in [2.05, 4.69) is 6.07 Å². The first-order valence-corrected chi connectivity index (χ1v) is 11.1. The number of hydrogen-bond donors (Lipinski definition) is 2. The van der Waals surface area contributed by atoms with Crippen LogP contribution in [-0.4, -0.2) is 45.4 Å². The maximum Gasteiger partial charge on any atom is 0.327 e. The summed E-state index contributed by atoms with van der Waals surface area (Å²) in [6.45, 7) is 0.496. The van der Waals surface area contributed by atoms with Gasteiger partial charge in [0.2, 0.25) is 5.91 Å². The number of hydrogen-bond acceptors (Lipinski definition) is 5. The van der Waals surface area contributed by atoms with Crippen molar-refractivity contribution in [3.63, 3.8) is 0 Å². The molecule has 1 heterocycles. The summed E-state index contributed by atoms with van der Waals surface area (Å²) in [7, 11) is 0. The van der Waals surface area contributed by atoms with Gasteiger partial charge in [0, 0.05) is 30.6 Å². The minimum atomic E-state index is -0.637.